The molecular formula is C23H28O2. The number of hydrogen-bond donors (Lipinski definition) is 2. The summed E-state index contributed by atoms with van der Waals surface area (Å²) in [6, 6.07) is 14.5. The quantitative estimate of drug-likeness (QED) is 0.646. The molecule has 0 unspecified atom stereocenters. The highest BCUT2D eigenvalue weighted by Crippen LogP contribution is 2.40. The third kappa shape index (κ3) is 4.63. The zero-order valence-electron chi connectivity index (χ0n) is 15.5. The molecule has 2 aromatic carbocycles. The Morgan fingerprint density at radius 1 is 0.880 bits per heavy atom. The highest BCUT2D eigenvalue weighted by atomic mass is 16.3. The van der Waals surface area contributed by atoms with Crippen LogP contribution in [-0.2, 0) is 5.41 Å². The highest BCUT2D eigenvalue weighted by Gasteiger charge is 2.31. The summed E-state index contributed by atoms with van der Waals surface area (Å²) in [4.78, 5) is 0. The van der Waals surface area contributed by atoms with Gasteiger partial charge in [0.15, 0.2) is 0 Å². The van der Waals surface area contributed by atoms with Crippen LogP contribution in [0.2, 0.25) is 0 Å². The third-order valence-electron chi connectivity index (χ3n) is 4.19. The minimum absolute atomic E-state index is 0.241. The molecule has 2 rings (SSSR count). The average molecular weight is 336 g/mol. The van der Waals surface area contributed by atoms with E-state index in [0.717, 1.165) is 16.7 Å². The normalized spacial score (nSPS) is 11.8. The van der Waals surface area contributed by atoms with Gasteiger partial charge < -0.3 is 10.2 Å². The number of rotatable bonds is 5. The van der Waals surface area contributed by atoms with Crippen LogP contribution in [-0.4, -0.2) is 10.2 Å². The Morgan fingerprint density at radius 2 is 1.28 bits per heavy atom. The Balaban J connectivity index is 0.00000151. The van der Waals surface area contributed by atoms with Crippen LogP contribution in [0.5, 0.6) is 11.5 Å². The fourth-order valence-corrected chi connectivity index (χ4v) is 2.81. The molecule has 0 spiro atoms. The van der Waals surface area contributed by atoms with Crippen LogP contribution in [0.1, 0.15) is 38.8 Å². The van der Waals surface area contributed by atoms with E-state index in [0.29, 0.717) is 0 Å². The van der Waals surface area contributed by atoms with Gasteiger partial charge in [0, 0.05) is 5.41 Å². The van der Waals surface area contributed by atoms with Gasteiger partial charge in [0.1, 0.15) is 11.5 Å². The number of aromatic hydroxyl groups is 2. The van der Waals surface area contributed by atoms with Crippen molar-refractivity contribution in [2.24, 2.45) is 0 Å². The zero-order chi connectivity index (χ0) is 18.9. The summed E-state index contributed by atoms with van der Waals surface area (Å²) in [5.74, 6) is 0.482. The van der Waals surface area contributed by atoms with Crippen molar-refractivity contribution in [3.8, 4) is 11.5 Å². The molecule has 2 nitrogen and oxygen atoms in total. The van der Waals surface area contributed by atoms with E-state index >= 15 is 0 Å². The first-order valence-corrected chi connectivity index (χ1v) is 8.57. The molecule has 2 aromatic rings. The van der Waals surface area contributed by atoms with Crippen molar-refractivity contribution in [2.45, 2.75) is 33.1 Å². The molecule has 0 aliphatic heterocycles. The number of phenols is 2. The molecule has 0 fully saturated rings. The first kappa shape index (κ1) is 20.3. The second-order valence-corrected chi connectivity index (χ2v) is 5.56. The van der Waals surface area contributed by atoms with Crippen LogP contribution < -0.4 is 0 Å². The molecule has 0 saturated carbocycles. The van der Waals surface area contributed by atoms with Gasteiger partial charge in [-0.05, 0) is 54.8 Å². The molecule has 0 heterocycles. The van der Waals surface area contributed by atoms with Crippen molar-refractivity contribution in [1.29, 1.82) is 0 Å². The molecule has 0 aromatic heterocycles. The monoisotopic (exact) mass is 336 g/mol. The van der Waals surface area contributed by atoms with Gasteiger partial charge in [-0.2, -0.15) is 0 Å². The fourth-order valence-electron chi connectivity index (χ4n) is 2.81. The maximum atomic E-state index is 9.59. The number of benzene rings is 2. The maximum Gasteiger partial charge on any atom is 0.115 e. The van der Waals surface area contributed by atoms with Crippen LogP contribution in [0, 0.1) is 0 Å². The molecule has 0 saturated heterocycles. The van der Waals surface area contributed by atoms with E-state index in [9.17, 15) is 10.2 Å². The molecular weight excluding hydrogens is 308 g/mol. The summed E-state index contributed by atoms with van der Waals surface area (Å²) in [7, 11) is 0. The van der Waals surface area contributed by atoms with Gasteiger partial charge in [0.2, 0.25) is 0 Å². The lowest BCUT2D eigenvalue weighted by molar-refractivity contribution is 0.474. The minimum atomic E-state index is -0.407. The molecule has 2 N–H and O–H groups in total. The molecule has 0 radical (unpaired) electrons. The van der Waals surface area contributed by atoms with Gasteiger partial charge in [-0.3, -0.25) is 0 Å². The predicted octanol–water partition coefficient (Wildman–Crippen LogP) is 6.12. The zero-order valence-corrected chi connectivity index (χ0v) is 15.5. The number of phenolic OH excluding ortho intramolecular Hbond substituents is 2. The van der Waals surface area contributed by atoms with Crippen molar-refractivity contribution in [3.63, 3.8) is 0 Å². The average Bonchev–Trinajstić information content (AvgIpc) is 2.65. The third-order valence-corrected chi connectivity index (χ3v) is 4.19. The van der Waals surface area contributed by atoms with E-state index in [1.807, 2.05) is 57.2 Å². The van der Waals surface area contributed by atoms with Crippen LogP contribution in [0.3, 0.4) is 0 Å². The van der Waals surface area contributed by atoms with E-state index in [2.05, 4.69) is 19.6 Å². The lowest BCUT2D eigenvalue weighted by atomic mass is 9.70. The summed E-state index contributed by atoms with van der Waals surface area (Å²) >= 11 is 0. The second-order valence-electron chi connectivity index (χ2n) is 5.56. The van der Waals surface area contributed by atoms with E-state index in [-0.39, 0.29) is 11.5 Å². The topological polar surface area (TPSA) is 40.5 Å². The van der Waals surface area contributed by atoms with Crippen molar-refractivity contribution in [2.75, 3.05) is 0 Å². The fraction of sp³-hybridized carbons (Fsp3) is 0.217. The largest absolute Gasteiger partial charge is 0.508 e. The second kappa shape index (κ2) is 9.53. The molecule has 0 aliphatic rings. The van der Waals surface area contributed by atoms with Crippen LogP contribution in [0.25, 0.3) is 0 Å². The Morgan fingerprint density at radius 3 is 1.60 bits per heavy atom. The Hall–Kier alpha value is -2.74. The summed E-state index contributed by atoms with van der Waals surface area (Å²) in [5, 5.41) is 19.2. The van der Waals surface area contributed by atoms with Crippen molar-refractivity contribution in [1.82, 2.24) is 0 Å². The summed E-state index contributed by atoms with van der Waals surface area (Å²) < 4.78 is 0. The molecule has 132 valence electrons. The van der Waals surface area contributed by atoms with Gasteiger partial charge in [-0.1, -0.05) is 69.0 Å². The lowest BCUT2D eigenvalue weighted by Gasteiger charge is -2.33. The molecule has 0 aliphatic carbocycles. The Bertz CT molecular complexity index is 674. The summed E-state index contributed by atoms with van der Waals surface area (Å²) in [5.41, 5.74) is 2.81. The Labute approximate surface area is 151 Å². The van der Waals surface area contributed by atoms with Crippen LogP contribution in [0.15, 0.2) is 85.0 Å². The molecule has 0 atom stereocenters. The van der Waals surface area contributed by atoms with Gasteiger partial charge in [-0.15, -0.1) is 0 Å². The SMILES string of the molecule is C=C/C=C\C(=C/C)C(C)(c1ccc(O)cc1)c1ccc(O)cc1.CC. The van der Waals surface area contributed by atoms with Crippen molar-refractivity contribution in [3.05, 3.63) is 96.1 Å². The highest BCUT2D eigenvalue weighted by molar-refractivity contribution is 5.53. The van der Waals surface area contributed by atoms with Crippen molar-refractivity contribution >= 4 is 0 Å². The smallest absolute Gasteiger partial charge is 0.115 e. The van der Waals surface area contributed by atoms with Gasteiger partial charge >= 0.3 is 0 Å². The lowest BCUT2D eigenvalue weighted by Crippen LogP contribution is -2.25. The van der Waals surface area contributed by atoms with E-state index in [1.165, 1.54) is 0 Å². The number of allylic oxidation sites excluding steroid dienone is 5. The first-order chi connectivity index (χ1) is 12.0. The standard InChI is InChI=1S/C21H22O2.C2H6/c1-4-6-7-16(5-2)21(3,17-8-12-19(22)13-9-17)18-10-14-20(23)15-11-18;1-2/h4-15,22-23H,1H2,2-3H3;1-2H3/b7-6-,16-5+;. The molecule has 0 bridgehead atoms. The van der Waals surface area contributed by atoms with Gasteiger partial charge in [0.05, 0.1) is 0 Å². The van der Waals surface area contributed by atoms with Gasteiger partial charge in [0.25, 0.3) is 0 Å². The van der Waals surface area contributed by atoms with Crippen LogP contribution >= 0.6 is 0 Å². The van der Waals surface area contributed by atoms with Crippen LogP contribution in [0.4, 0.5) is 0 Å². The maximum absolute atomic E-state index is 9.59. The summed E-state index contributed by atoms with van der Waals surface area (Å²) in [6.07, 6.45) is 7.76. The van der Waals surface area contributed by atoms with E-state index in [1.54, 1.807) is 30.3 Å². The molecule has 25 heavy (non-hydrogen) atoms. The molecule has 2 heteroatoms. The van der Waals surface area contributed by atoms with Gasteiger partial charge in [-0.25, -0.2) is 0 Å². The predicted molar refractivity (Wildman–Crippen MR) is 107 cm³/mol. The summed E-state index contributed by atoms with van der Waals surface area (Å²) in [6.45, 7) is 11.9. The number of hydrogen-bond acceptors (Lipinski definition) is 2. The minimum Gasteiger partial charge on any atom is -0.508 e. The molecule has 0 amide bonds. The first-order valence-electron chi connectivity index (χ1n) is 8.57. The van der Waals surface area contributed by atoms with Crippen molar-refractivity contribution < 1.29 is 10.2 Å². The Kier molecular flexibility index (Phi) is 7.74. The van der Waals surface area contributed by atoms with E-state index < -0.39 is 5.41 Å². The van der Waals surface area contributed by atoms with E-state index in [4.69, 9.17) is 0 Å².